The number of anilines is 1. The van der Waals surface area contributed by atoms with Gasteiger partial charge in [-0.3, -0.25) is 0 Å². The third-order valence-corrected chi connectivity index (χ3v) is 3.58. The number of nitrogens with zero attached hydrogens (tertiary/aromatic N) is 2. The second-order valence-electron chi connectivity index (χ2n) is 5.23. The molecule has 9 heteroatoms. The molecule has 0 spiro atoms. The van der Waals surface area contributed by atoms with Crippen molar-refractivity contribution < 1.29 is 18.0 Å². The molecule has 0 atom stereocenters. The Morgan fingerprint density at radius 1 is 1.20 bits per heavy atom. The Labute approximate surface area is 145 Å². The molecule has 0 aliphatic rings. The van der Waals surface area contributed by atoms with E-state index in [1.54, 1.807) is 24.3 Å². The van der Waals surface area contributed by atoms with E-state index in [2.05, 4.69) is 15.6 Å². The fourth-order valence-electron chi connectivity index (χ4n) is 2.21. The number of fused-ring (bicyclic) bond motifs is 1. The highest BCUT2D eigenvalue weighted by molar-refractivity contribution is 6.30. The number of urea groups is 1. The van der Waals surface area contributed by atoms with Crippen LogP contribution in [0.5, 0.6) is 0 Å². The van der Waals surface area contributed by atoms with Gasteiger partial charge in [-0.2, -0.15) is 13.2 Å². The molecule has 0 saturated carbocycles. The van der Waals surface area contributed by atoms with E-state index in [0.29, 0.717) is 22.1 Å². The number of aromatic nitrogens is 2. The lowest BCUT2D eigenvalue weighted by atomic mass is 10.3. The predicted molar refractivity (Wildman–Crippen MR) is 87.5 cm³/mol. The van der Waals surface area contributed by atoms with Crippen LogP contribution in [0.25, 0.3) is 5.65 Å². The fraction of sp³-hybridized carbons (Fsp3) is 0.125. The molecule has 2 amide bonds. The lowest BCUT2D eigenvalue weighted by Gasteiger charge is -2.06. The van der Waals surface area contributed by atoms with Crippen molar-refractivity contribution in [1.82, 2.24) is 14.7 Å². The maximum Gasteiger partial charge on any atom is 0.417 e. The van der Waals surface area contributed by atoms with Gasteiger partial charge in [-0.25, -0.2) is 9.78 Å². The Bertz CT molecular complexity index is 923. The van der Waals surface area contributed by atoms with E-state index in [1.165, 1.54) is 16.7 Å². The van der Waals surface area contributed by atoms with Crippen molar-refractivity contribution in [3.8, 4) is 0 Å². The molecule has 0 aliphatic carbocycles. The molecule has 1 aromatic carbocycles. The average molecular weight is 369 g/mol. The molecule has 0 aliphatic heterocycles. The number of nitrogens with one attached hydrogen (secondary N) is 2. The Kier molecular flexibility index (Phi) is 4.54. The maximum absolute atomic E-state index is 12.7. The quantitative estimate of drug-likeness (QED) is 0.723. The topological polar surface area (TPSA) is 58.4 Å². The summed E-state index contributed by atoms with van der Waals surface area (Å²) < 4.78 is 39.4. The van der Waals surface area contributed by atoms with Crippen LogP contribution in [0.2, 0.25) is 5.02 Å². The zero-order chi connectivity index (χ0) is 18.0. The molecule has 0 fully saturated rings. The molecule has 0 radical (unpaired) electrons. The molecule has 5 nitrogen and oxygen atoms in total. The minimum absolute atomic E-state index is 0.0649. The Morgan fingerprint density at radius 3 is 2.72 bits per heavy atom. The number of alkyl halides is 3. The first-order chi connectivity index (χ1) is 11.8. The lowest BCUT2D eigenvalue weighted by Crippen LogP contribution is -2.28. The van der Waals surface area contributed by atoms with Gasteiger partial charge in [-0.05, 0) is 30.3 Å². The number of carbonyl (C=O) groups excluding carboxylic acids is 1. The third kappa shape index (κ3) is 4.21. The highest BCUT2D eigenvalue weighted by Gasteiger charge is 2.30. The monoisotopic (exact) mass is 368 g/mol. The van der Waals surface area contributed by atoms with Crippen LogP contribution < -0.4 is 10.6 Å². The summed E-state index contributed by atoms with van der Waals surface area (Å²) in [6.07, 6.45) is -2.03. The zero-order valence-electron chi connectivity index (χ0n) is 12.6. The number of pyridine rings is 1. The van der Waals surface area contributed by atoms with Gasteiger partial charge in [-0.1, -0.05) is 17.7 Å². The number of hydrogen-bond donors (Lipinski definition) is 2. The van der Waals surface area contributed by atoms with Crippen molar-refractivity contribution in [3.63, 3.8) is 0 Å². The van der Waals surface area contributed by atoms with Crippen molar-refractivity contribution >= 4 is 29.0 Å². The molecule has 3 aromatic rings. The van der Waals surface area contributed by atoms with Gasteiger partial charge in [-0.15, -0.1) is 0 Å². The van der Waals surface area contributed by atoms with Gasteiger partial charge in [0, 0.05) is 23.1 Å². The van der Waals surface area contributed by atoms with Gasteiger partial charge in [0.15, 0.2) is 0 Å². The third-order valence-electron chi connectivity index (χ3n) is 3.34. The van der Waals surface area contributed by atoms with Crippen LogP contribution in [0.3, 0.4) is 0 Å². The largest absolute Gasteiger partial charge is 0.417 e. The molecule has 25 heavy (non-hydrogen) atoms. The fourth-order valence-corrected chi connectivity index (χ4v) is 2.40. The molecule has 0 saturated heterocycles. The van der Waals surface area contributed by atoms with Crippen molar-refractivity contribution in [1.29, 1.82) is 0 Å². The Morgan fingerprint density at radius 2 is 2.00 bits per heavy atom. The van der Waals surface area contributed by atoms with E-state index in [4.69, 9.17) is 11.6 Å². The van der Waals surface area contributed by atoms with Crippen LogP contribution in [0.4, 0.5) is 23.7 Å². The van der Waals surface area contributed by atoms with E-state index in [1.807, 2.05) is 0 Å². The van der Waals surface area contributed by atoms with E-state index in [-0.39, 0.29) is 6.54 Å². The van der Waals surface area contributed by atoms with Crippen LogP contribution in [0.1, 0.15) is 11.3 Å². The number of carbonyl (C=O) groups is 1. The van der Waals surface area contributed by atoms with Crippen LogP contribution in [0.15, 0.2) is 48.8 Å². The van der Waals surface area contributed by atoms with Gasteiger partial charge in [0.2, 0.25) is 0 Å². The number of rotatable bonds is 3. The smallest absolute Gasteiger partial charge is 0.332 e. The van der Waals surface area contributed by atoms with Gasteiger partial charge in [0.1, 0.15) is 5.65 Å². The second-order valence-corrected chi connectivity index (χ2v) is 5.67. The van der Waals surface area contributed by atoms with Crippen molar-refractivity contribution in [2.75, 3.05) is 5.32 Å². The molecule has 3 rings (SSSR count). The van der Waals surface area contributed by atoms with E-state index < -0.39 is 17.8 Å². The summed E-state index contributed by atoms with van der Waals surface area (Å²) in [6.45, 7) is 0.0649. The summed E-state index contributed by atoms with van der Waals surface area (Å²) in [7, 11) is 0. The average Bonchev–Trinajstić information content (AvgIpc) is 2.94. The molecule has 2 aromatic heterocycles. The standard InChI is InChI=1S/C16H12ClF3N4O/c17-11-2-1-3-12(6-11)23-15(25)21-7-13-9-24-8-10(16(18,19)20)4-5-14(24)22-13/h1-6,8-9H,7H2,(H2,21,23,25). The predicted octanol–water partition coefficient (Wildman–Crippen LogP) is 4.33. The first kappa shape index (κ1) is 17.1. The number of hydrogen-bond acceptors (Lipinski definition) is 2. The number of halogens is 4. The van der Waals surface area contributed by atoms with Crippen molar-refractivity contribution in [3.05, 3.63) is 65.1 Å². The number of benzene rings is 1. The molecule has 2 heterocycles. The second kappa shape index (κ2) is 6.64. The summed E-state index contributed by atoms with van der Waals surface area (Å²) in [6, 6.07) is 8.40. The summed E-state index contributed by atoms with van der Waals surface area (Å²) in [4.78, 5) is 16.0. The Hall–Kier alpha value is -2.74. The Balaban J connectivity index is 1.65. The van der Waals surface area contributed by atoms with Gasteiger partial charge < -0.3 is 15.0 Å². The number of imidazole rings is 1. The minimum Gasteiger partial charge on any atom is -0.332 e. The first-order valence-electron chi connectivity index (χ1n) is 7.16. The first-order valence-corrected chi connectivity index (χ1v) is 7.54. The molecular formula is C16H12ClF3N4O. The summed E-state index contributed by atoms with van der Waals surface area (Å²) in [5, 5.41) is 5.66. The number of amides is 2. The van der Waals surface area contributed by atoms with Gasteiger partial charge in [0.05, 0.1) is 17.8 Å². The van der Waals surface area contributed by atoms with Crippen LogP contribution in [-0.4, -0.2) is 15.4 Å². The van der Waals surface area contributed by atoms with Crippen molar-refractivity contribution in [2.45, 2.75) is 12.7 Å². The normalized spacial score (nSPS) is 11.5. The van der Waals surface area contributed by atoms with Crippen molar-refractivity contribution in [2.24, 2.45) is 0 Å². The van der Waals surface area contributed by atoms with E-state index >= 15 is 0 Å². The van der Waals surface area contributed by atoms with E-state index in [9.17, 15) is 18.0 Å². The van der Waals surface area contributed by atoms with Gasteiger partial charge >= 0.3 is 12.2 Å². The molecule has 0 unspecified atom stereocenters. The molecular weight excluding hydrogens is 357 g/mol. The van der Waals surface area contributed by atoms with E-state index in [0.717, 1.165) is 12.3 Å². The minimum atomic E-state index is -4.42. The SMILES string of the molecule is O=C(NCc1cn2cc(C(F)(F)F)ccc2n1)Nc1cccc(Cl)c1. The highest BCUT2D eigenvalue weighted by Crippen LogP contribution is 2.29. The maximum atomic E-state index is 12.7. The van der Waals surface area contributed by atoms with Gasteiger partial charge in [0.25, 0.3) is 0 Å². The summed E-state index contributed by atoms with van der Waals surface area (Å²) >= 11 is 5.83. The summed E-state index contributed by atoms with van der Waals surface area (Å²) in [5.74, 6) is 0. The molecule has 130 valence electrons. The molecule has 2 N–H and O–H groups in total. The summed E-state index contributed by atoms with van der Waals surface area (Å²) in [5.41, 5.74) is 0.547. The van der Waals surface area contributed by atoms with Crippen LogP contribution in [-0.2, 0) is 12.7 Å². The zero-order valence-corrected chi connectivity index (χ0v) is 13.4. The van der Waals surface area contributed by atoms with Crippen LogP contribution in [0, 0.1) is 0 Å². The van der Waals surface area contributed by atoms with Crippen LogP contribution >= 0.6 is 11.6 Å². The lowest BCUT2D eigenvalue weighted by molar-refractivity contribution is -0.137. The molecule has 0 bridgehead atoms. The highest BCUT2D eigenvalue weighted by atomic mass is 35.5.